The number of aryl methyl sites for hydroxylation is 1. The molecule has 1 amide bonds. The monoisotopic (exact) mass is 338 g/mol. The number of carbonyl (C=O) groups is 1. The third-order valence-corrected chi connectivity index (χ3v) is 4.80. The molecule has 1 aromatic rings. The first kappa shape index (κ1) is 15.5. The van der Waals surface area contributed by atoms with Gasteiger partial charge in [0.1, 0.15) is 0 Å². The summed E-state index contributed by atoms with van der Waals surface area (Å²) in [6, 6.07) is 5.86. The van der Waals surface area contributed by atoms with E-state index in [9.17, 15) is 4.79 Å². The molecule has 1 aliphatic heterocycles. The van der Waals surface area contributed by atoms with Gasteiger partial charge in [-0.1, -0.05) is 22.0 Å². The molecular formula is C16H23BrN2O. The average molecular weight is 339 g/mol. The maximum absolute atomic E-state index is 12.5. The summed E-state index contributed by atoms with van der Waals surface area (Å²) in [6.45, 7) is 4.91. The third-order valence-electron chi connectivity index (χ3n) is 3.94. The van der Waals surface area contributed by atoms with Crippen LogP contribution in [0.25, 0.3) is 0 Å². The summed E-state index contributed by atoms with van der Waals surface area (Å²) >= 11 is 3.50. The predicted molar refractivity (Wildman–Crippen MR) is 86.1 cm³/mol. The van der Waals surface area contributed by atoms with Crippen LogP contribution >= 0.6 is 15.9 Å². The van der Waals surface area contributed by atoms with Crippen molar-refractivity contribution in [1.29, 1.82) is 0 Å². The molecule has 110 valence electrons. The van der Waals surface area contributed by atoms with Crippen LogP contribution in [0.2, 0.25) is 0 Å². The first-order valence-corrected chi connectivity index (χ1v) is 7.97. The summed E-state index contributed by atoms with van der Waals surface area (Å²) in [5.41, 5.74) is 1.94. The van der Waals surface area contributed by atoms with Gasteiger partial charge in [-0.3, -0.25) is 4.79 Å². The van der Waals surface area contributed by atoms with Crippen molar-refractivity contribution in [3.8, 4) is 0 Å². The number of amides is 1. The summed E-state index contributed by atoms with van der Waals surface area (Å²) in [4.78, 5) is 16.7. The number of hydrogen-bond acceptors (Lipinski definition) is 2. The quantitative estimate of drug-likeness (QED) is 0.845. The normalized spacial score (nSPS) is 16.8. The molecule has 0 spiro atoms. The lowest BCUT2D eigenvalue weighted by Gasteiger charge is -2.33. The van der Waals surface area contributed by atoms with Crippen LogP contribution in [-0.4, -0.2) is 49.4 Å². The van der Waals surface area contributed by atoms with Crippen LogP contribution in [0.5, 0.6) is 0 Å². The summed E-state index contributed by atoms with van der Waals surface area (Å²) in [7, 11) is 4.22. The predicted octanol–water partition coefficient (Wildman–Crippen LogP) is 3.17. The molecule has 1 aliphatic rings. The molecule has 4 heteroatoms. The smallest absolute Gasteiger partial charge is 0.253 e. The highest BCUT2D eigenvalue weighted by Gasteiger charge is 2.24. The van der Waals surface area contributed by atoms with Crippen molar-refractivity contribution < 1.29 is 4.79 Å². The van der Waals surface area contributed by atoms with Gasteiger partial charge < -0.3 is 9.80 Å². The van der Waals surface area contributed by atoms with Gasteiger partial charge >= 0.3 is 0 Å². The molecule has 20 heavy (non-hydrogen) atoms. The standard InChI is InChI=1S/C16H23BrN2O/c1-12-4-5-14(10-15(12)17)16(20)19-8-6-13(7-9-19)11-18(2)3/h4-5,10,13H,6-9,11H2,1-3H3. The minimum absolute atomic E-state index is 0.161. The van der Waals surface area contributed by atoms with Crippen LogP contribution in [0.15, 0.2) is 22.7 Å². The highest BCUT2D eigenvalue weighted by atomic mass is 79.9. The molecule has 0 aromatic heterocycles. The Balaban J connectivity index is 1.96. The fourth-order valence-corrected chi connectivity index (χ4v) is 3.12. The second kappa shape index (κ2) is 6.72. The van der Waals surface area contributed by atoms with Crippen LogP contribution in [0.4, 0.5) is 0 Å². The van der Waals surface area contributed by atoms with Crippen molar-refractivity contribution in [2.45, 2.75) is 19.8 Å². The average Bonchev–Trinajstić information content (AvgIpc) is 2.41. The number of piperidine rings is 1. The molecule has 0 atom stereocenters. The van der Waals surface area contributed by atoms with Crippen molar-refractivity contribution in [2.75, 3.05) is 33.7 Å². The van der Waals surface area contributed by atoms with Gasteiger partial charge in [-0.05, 0) is 57.5 Å². The molecule has 0 N–H and O–H groups in total. The summed E-state index contributed by atoms with van der Waals surface area (Å²) in [5, 5.41) is 0. The van der Waals surface area contributed by atoms with E-state index in [0.29, 0.717) is 0 Å². The largest absolute Gasteiger partial charge is 0.339 e. The van der Waals surface area contributed by atoms with Crippen LogP contribution < -0.4 is 0 Å². The van der Waals surface area contributed by atoms with E-state index in [0.717, 1.165) is 54.0 Å². The minimum atomic E-state index is 0.161. The summed E-state index contributed by atoms with van der Waals surface area (Å²) in [6.07, 6.45) is 2.22. The number of benzene rings is 1. The zero-order valence-corrected chi connectivity index (χ0v) is 14.1. The van der Waals surface area contributed by atoms with Crippen LogP contribution in [0.3, 0.4) is 0 Å². The molecule has 1 saturated heterocycles. The van der Waals surface area contributed by atoms with Gasteiger partial charge in [0.2, 0.25) is 0 Å². The van der Waals surface area contributed by atoms with Crippen LogP contribution in [0.1, 0.15) is 28.8 Å². The molecular weight excluding hydrogens is 316 g/mol. The van der Waals surface area contributed by atoms with E-state index in [1.54, 1.807) is 0 Å². The second-order valence-electron chi connectivity index (χ2n) is 5.96. The SMILES string of the molecule is Cc1ccc(C(=O)N2CCC(CN(C)C)CC2)cc1Br. The fraction of sp³-hybridized carbons (Fsp3) is 0.562. The lowest BCUT2D eigenvalue weighted by atomic mass is 9.96. The van der Waals surface area contributed by atoms with Crippen molar-refractivity contribution in [3.63, 3.8) is 0 Å². The van der Waals surface area contributed by atoms with Gasteiger partial charge in [0.05, 0.1) is 0 Å². The number of nitrogens with zero attached hydrogens (tertiary/aromatic N) is 2. The maximum atomic E-state index is 12.5. The van der Waals surface area contributed by atoms with Gasteiger partial charge in [0, 0.05) is 29.7 Å². The Kier molecular flexibility index (Phi) is 5.22. The number of halogens is 1. The van der Waals surface area contributed by atoms with Crippen molar-refractivity contribution in [3.05, 3.63) is 33.8 Å². The molecule has 0 radical (unpaired) electrons. The van der Waals surface area contributed by atoms with Gasteiger partial charge in [-0.15, -0.1) is 0 Å². The second-order valence-corrected chi connectivity index (χ2v) is 6.82. The van der Waals surface area contributed by atoms with E-state index < -0.39 is 0 Å². The molecule has 1 aromatic carbocycles. The van der Waals surface area contributed by atoms with E-state index in [2.05, 4.69) is 34.9 Å². The van der Waals surface area contributed by atoms with Crippen molar-refractivity contribution in [1.82, 2.24) is 9.80 Å². The first-order valence-electron chi connectivity index (χ1n) is 7.17. The van der Waals surface area contributed by atoms with Gasteiger partial charge in [0.25, 0.3) is 5.91 Å². The Bertz CT molecular complexity index is 479. The van der Waals surface area contributed by atoms with E-state index in [-0.39, 0.29) is 5.91 Å². The molecule has 3 nitrogen and oxygen atoms in total. The Morgan fingerprint density at radius 2 is 2.00 bits per heavy atom. The molecule has 1 heterocycles. The van der Waals surface area contributed by atoms with Crippen molar-refractivity contribution in [2.24, 2.45) is 5.92 Å². The summed E-state index contributed by atoms with van der Waals surface area (Å²) in [5.74, 6) is 0.882. The summed E-state index contributed by atoms with van der Waals surface area (Å²) < 4.78 is 1.01. The van der Waals surface area contributed by atoms with E-state index in [1.165, 1.54) is 0 Å². The molecule has 2 rings (SSSR count). The first-order chi connectivity index (χ1) is 9.47. The molecule has 0 unspecified atom stereocenters. The lowest BCUT2D eigenvalue weighted by Crippen LogP contribution is -2.40. The van der Waals surface area contributed by atoms with E-state index in [4.69, 9.17) is 0 Å². The number of hydrogen-bond donors (Lipinski definition) is 0. The zero-order chi connectivity index (χ0) is 14.7. The topological polar surface area (TPSA) is 23.6 Å². The highest BCUT2D eigenvalue weighted by Crippen LogP contribution is 2.22. The van der Waals surface area contributed by atoms with E-state index >= 15 is 0 Å². The third kappa shape index (κ3) is 3.83. The maximum Gasteiger partial charge on any atom is 0.253 e. The molecule has 1 fully saturated rings. The van der Waals surface area contributed by atoms with Gasteiger partial charge in [-0.25, -0.2) is 0 Å². The van der Waals surface area contributed by atoms with Crippen molar-refractivity contribution >= 4 is 21.8 Å². The number of likely N-dealkylation sites (tertiary alicyclic amines) is 1. The molecule has 0 bridgehead atoms. The van der Waals surface area contributed by atoms with E-state index in [1.807, 2.05) is 30.0 Å². The van der Waals surface area contributed by atoms with Crippen LogP contribution in [0, 0.1) is 12.8 Å². The molecule has 0 aliphatic carbocycles. The number of rotatable bonds is 3. The number of carbonyl (C=O) groups excluding carboxylic acids is 1. The Labute approximate surface area is 130 Å². The zero-order valence-electron chi connectivity index (χ0n) is 12.5. The van der Waals surface area contributed by atoms with Gasteiger partial charge in [-0.2, -0.15) is 0 Å². The Morgan fingerprint density at radius 1 is 1.35 bits per heavy atom. The van der Waals surface area contributed by atoms with Crippen LogP contribution in [-0.2, 0) is 0 Å². The Hall–Kier alpha value is -0.870. The lowest BCUT2D eigenvalue weighted by molar-refractivity contribution is 0.0678. The minimum Gasteiger partial charge on any atom is -0.339 e. The Morgan fingerprint density at radius 3 is 2.55 bits per heavy atom. The molecule has 0 saturated carbocycles. The van der Waals surface area contributed by atoms with Gasteiger partial charge in [0.15, 0.2) is 0 Å². The fourth-order valence-electron chi connectivity index (χ4n) is 2.74. The highest BCUT2D eigenvalue weighted by molar-refractivity contribution is 9.10.